The third-order valence-electron chi connectivity index (χ3n) is 4.09. The van der Waals surface area contributed by atoms with Crippen molar-refractivity contribution in [3.05, 3.63) is 30.1 Å². The number of pyridine rings is 1. The van der Waals surface area contributed by atoms with Crippen molar-refractivity contribution in [2.75, 3.05) is 32.8 Å². The van der Waals surface area contributed by atoms with Gasteiger partial charge in [0.2, 0.25) is 5.91 Å². The van der Waals surface area contributed by atoms with Crippen molar-refractivity contribution in [3.63, 3.8) is 0 Å². The summed E-state index contributed by atoms with van der Waals surface area (Å²) in [6, 6.07) is 3.78. The number of ether oxygens (including phenoxy) is 2. The van der Waals surface area contributed by atoms with E-state index in [0.29, 0.717) is 26.2 Å². The third kappa shape index (κ3) is 4.19. The molecule has 0 bridgehead atoms. The molecule has 0 spiro atoms. The molecule has 0 N–H and O–H groups in total. The summed E-state index contributed by atoms with van der Waals surface area (Å²) in [7, 11) is 0. The maximum absolute atomic E-state index is 12.6. The number of nitrogens with zero attached hydrogens (tertiary/aromatic N) is 3. The van der Waals surface area contributed by atoms with Gasteiger partial charge in [0.25, 0.3) is 0 Å². The van der Waals surface area contributed by atoms with Crippen molar-refractivity contribution < 1.29 is 19.1 Å². The Balaban J connectivity index is 1.65. The maximum atomic E-state index is 12.6. The van der Waals surface area contributed by atoms with Gasteiger partial charge < -0.3 is 14.4 Å². The Bertz CT molecular complexity index is 546. The molecule has 2 aliphatic rings. The van der Waals surface area contributed by atoms with Crippen LogP contribution in [0.1, 0.15) is 18.4 Å². The Labute approximate surface area is 135 Å². The summed E-state index contributed by atoms with van der Waals surface area (Å²) in [6.45, 7) is 2.65. The van der Waals surface area contributed by atoms with Crippen molar-refractivity contribution in [1.29, 1.82) is 0 Å². The first-order valence-corrected chi connectivity index (χ1v) is 7.92. The fourth-order valence-corrected chi connectivity index (χ4v) is 2.83. The van der Waals surface area contributed by atoms with E-state index in [0.717, 1.165) is 25.0 Å². The van der Waals surface area contributed by atoms with Crippen molar-refractivity contribution >= 4 is 12.0 Å². The van der Waals surface area contributed by atoms with Crippen LogP contribution in [0.25, 0.3) is 0 Å². The summed E-state index contributed by atoms with van der Waals surface area (Å²) in [5.41, 5.74) is 1.01. The molecule has 2 saturated heterocycles. The minimum atomic E-state index is -0.417. The van der Waals surface area contributed by atoms with Gasteiger partial charge in [0.05, 0.1) is 12.6 Å². The number of rotatable bonds is 6. The fraction of sp³-hybridized carbons (Fsp3) is 0.562. The number of hydrogen-bond donors (Lipinski definition) is 0. The van der Waals surface area contributed by atoms with Crippen molar-refractivity contribution in [3.8, 4) is 0 Å². The first kappa shape index (κ1) is 15.7. The van der Waals surface area contributed by atoms with Crippen LogP contribution < -0.4 is 0 Å². The number of carbonyl (C=O) groups is 2. The van der Waals surface area contributed by atoms with E-state index in [1.807, 2.05) is 12.1 Å². The van der Waals surface area contributed by atoms with Crippen LogP contribution in [0.3, 0.4) is 0 Å². The zero-order valence-electron chi connectivity index (χ0n) is 13.0. The molecule has 1 atom stereocenters. The molecule has 0 aliphatic carbocycles. The minimum absolute atomic E-state index is 0.0522. The topological polar surface area (TPSA) is 72.0 Å². The van der Waals surface area contributed by atoms with Gasteiger partial charge in [-0.05, 0) is 30.5 Å². The first-order chi connectivity index (χ1) is 11.2. The second kappa shape index (κ2) is 7.41. The average molecular weight is 319 g/mol. The zero-order chi connectivity index (χ0) is 16.1. The lowest BCUT2D eigenvalue weighted by atomic mass is 10.2. The smallest absolute Gasteiger partial charge is 0.410 e. The third-order valence-corrected chi connectivity index (χ3v) is 4.09. The van der Waals surface area contributed by atoms with Crippen molar-refractivity contribution in [2.45, 2.75) is 25.5 Å². The van der Waals surface area contributed by atoms with Gasteiger partial charge in [-0.1, -0.05) is 0 Å². The summed E-state index contributed by atoms with van der Waals surface area (Å²) < 4.78 is 10.5. The molecule has 0 radical (unpaired) electrons. The molecule has 7 heteroatoms. The zero-order valence-corrected chi connectivity index (χ0v) is 13.0. The summed E-state index contributed by atoms with van der Waals surface area (Å²) in [5.74, 6) is -0.0869. The van der Waals surface area contributed by atoms with E-state index in [1.165, 1.54) is 4.90 Å². The van der Waals surface area contributed by atoms with E-state index in [9.17, 15) is 9.59 Å². The van der Waals surface area contributed by atoms with Gasteiger partial charge in [0, 0.05) is 32.1 Å². The molecule has 2 fully saturated rings. The van der Waals surface area contributed by atoms with E-state index in [1.54, 1.807) is 17.3 Å². The highest BCUT2D eigenvalue weighted by Gasteiger charge is 2.28. The SMILES string of the molecule is O=C(CN1CCOC1=O)N(Cc1ccncc1)C[C@H]1CCCO1. The van der Waals surface area contributed by atoms with Gasteiger partial charge in [-0.25, -0.2) is 4.79 Å². The van der Waals surface area contributed by atoms with E-state index in [-0.39, 0.29) is 18.6 Å². The molecule has 7 nitrogen and oxygen atoms in total. The number of cyclic esters (lactones) is 1. The number of amides is 2. The standard InChI is InChI=1S/C16H21N3O4/c20-15(12-18-7-9-23-16(18)21)19(11-14-2-1-8-22-14)10-13-3-5-17-6-4-13/h3-6,14H,1-2,7-12H2/t14-/m1/s1. The molecule has 2 amide bonds. The summed E-state index contributed by atoms with van der Waals surface area (Å²) >= 11 is 0. The van der Waals surface area contributed by atoms with Crippen LogP contribution in [0.15, 0.2) is 24.5 Å². The molecule has 2 aliphatic heterocycles. The second-order valence-corrected chi connectivity index (χ2v) is 5.80. The lowest BCUT2D eigenvalue weighted by Crippen LogP contribution is -2.43. The predicted molar refractivity (Wildman–Crippen MR) is 81.5 cm³/mol. The van der Waals surface area contributed by atoms with Crippen LogP contribution in [-0.2, 0) is 20.8 Å². The van der Waals surface area contributed by atoms with Gasteiger partial charge in [0.15, 0.2) is 0 Å². The van der Waals surface area contributed by atoms with Crippen molar-refractivity contribution in [2.24, 2.45) is 0 Å². The highest BCUT2D eigenvalue weighted by molar-refractivity contribution is 5.83. The van der Waals surface area contributed by atoms with Crippen LogP contribution in [-0.4, -0.2) is 65.7 Å². The summed E-state index contributed by atoms with van der Waals surface area (Å²) in [4.78, 5) is 31.4. The molecule has 3 heterocycles. The van der Waals surface area contributed by atoms with Gasteiger partial charge in [-0.2, -0.15) is 0 Å². The lowest BCUT2D eigenvalue weighted by molar-refractivity contribution is -0.134. The van der Waals surface area contributed by atoms with Crippen LogP contribution in [0.4, 0.5) is 4.79 Å². The highest BCUT2D eigenvalue weighted by atomic mass is 16.6. The maximum Gasteiger partial charge on any atom is 0.410 e. The molecular formula is C16H21N3O4. The largest absolute Gasteiger partial charge is 0.448 e. The van der Waals surface area contributed by atoms with Gasteiger partial charge >= 0.3 is 6.09 Å². The predicted octanol–water partition coefficient (Wildman–Crippen LogP) is 1.04. The van der Waals surface area contributed by atoms with Crippen LogP contribution >= 0.6 is 0 Å². The molecule has 1 aromatic rings. The Morgan fingerprint density at radius 2 is 2.17 bits per heavy atom. The second-order valence-electron chi connectivity index (χ2n) is 5.80. The lowest BCUT2D eigenvalue weighted by Gasteiger charge is -2.27. The molecule has 0 saturated carbocycles. The Kier molecular flexibility index (Phi) is 5.07. The fourth-order valence-electron chi connectivity index (χ4n) is 2.83. The Hall–Kier alpha value is -2.15. The van der Waals surface area contributed by atoms with Crippen molar-refractivity contribution in [1.82, 2.24) is 14.8 Å². The Morgan fingerprint density at radius 1 is 1.35 bits per heavy atom. The monoisotopic (exact) mass is 319 g/mol. The first-order valence-electron chi connectivity index (χ1n) is 7.92. The number of carbonyl (C=O) groups excluding carboxylic acids is 2. The number of hydrogen-bond acceptors (Lipinski definition) is 5. The Morgan fingerprint density at radius 3 is 2.83 bits per heavy atom. The molecule has 124 valence electrons. The van der Waals surface area contributed by atoms with Crippen LogP contribution in [0, 0.1) is 0 Å². The quantitative estimate of drug-likeness (QED) is 0.783. The summed E-state index contributed by atoms with van der Waals surface area (Å²) in [6.07, 6.45) is 5.07. The average Bonchev–Trinajstić information content (AvgIpc) is 3.20. The summed E-state index contributed by atoms with van der Waals surface area (Å²) in [5, 5.41) is 0. The van der Waals surface area contributed by atoms with E-state index >= 15 is 0 Å². The molecule has 3 rings (SSSR count). The molecule has 0 unspecified atom stereocenters. The number of aromatic nitrogens is 1. The van der Waals surface area contributed by atoms with E-state index in [4.69, 9.17) is 9.47 Å². The molecule has 23 heavy (non-hydrogen) atoms. The molecule has 0 aromatic carbocycles. The minimum Gasteiger partial charge on any atom is -0.448 e. The van der Waals surface area contributed by atoms with E-state index in [2.05, 4.69) is 4.98 Å². The van der Waals surface area contributed by atoms with Crippen LogP contribution in [0.2, 0.25) is 0 Å². The highest BCUT2D eigenvalue weighted by Crippen LogP contribution is 2.16. The van der Waals surface area contributed by atoms with Gasteiger partial charge in [0.1, 0.15) is 13.2 Å². The van der Waals surface area contributed by atoms with Gasteiger partial charge in [-0.15, -0.1) is 0 Å². The van der Waals surface area contributed by atoms with Gasteiger partial charge in [-0.3, -0.25) is 14.7 Å². The molecule has 1 aromatic heterocycles. The van der Waals surface area contributed by atoms with E-state index < -0.39 is 6.09 Å². The molecular weight excluding hydrogens is 298 g/mol. The normalized spacial score (nSPS) is 20.6. The van der Waals surface area contributed by atoms with Crippen LogP contribution in [0.5, 0.6) is 0 Å².